The number of fused-ring (bicyclic) bond motifs is 4. The first-order valence-corrected chi connectivity index (χ1v) is 10.8. The van der Waals surface area contributed by atoms with E-state index in [9.17, 15) is 13.2 Å². The fourth-order valence-electron chi connectivity index (χ4n) is 3.76. The lowest BCUT2D eigenvalue weighted by Gasteiger charge is -2.35. The van der Waals surface area contributed by atoms with Crippen molar-refractivity contribution in [2.45, 2.75) is 23.8 Å². The predicted octanol–water partition coefficient (Wildman–Crippen LogP) is 0.926. The zero-order chi connectivity index (χ0) is 18.3. The van der Waals surface area contributed by atoms with Crippen molar-refractivity contribution in [1.82, 2.24) is 14.9 Å². The Balaban J connectivity index is 1.61. The van der Waals surface area contributed by atoms with Crippen LogP contribution in [0.15, 0.2) is 34.8 Å². The highest BCUT2D eigenvalue weighted by molar-refractivity contribution is 7.89. The minimum Gasteiger partial charge on any atom is -0.338 e. The summed E-state index contributed by atoms with van der Waals surface area (Å²) in [5.41, 5.74) is 0. The van der Waals surface area contributed by atoms with Crippen molar-refractivity contribution in [3.63, 3.8) is 0 Å². The van der Waals surface area contributed by atoms with E-state index in [1.807, 2.05) is 0 Å². The molecule has 2 N–H and O–H groups in total. The van der Waals surface area contributed by atoms with E-state index in [4.69, 9.17) is 5.14 Å². The predicted molar refractivity (Wildman–Crippen MR) is 97.5 cm³/mol. The number of aromatic nitrogens is 2. The molecule has 3 aliphatic heterocycles. The summed E-state index contributed by atoms with van der Waals surface area (Å²) in [6.45, 7) is 2.04. The number of rotatable bonds is 3. The van der Waals surface area contributed by atoms with Crippen LogP contribution in [0.25, 0.3) is 0 Å². The maximum Gasteiger partial charge on any atom is 0.265 e. The number of nitrogens with two attached hydrogens (primary N) is 1. The molecule has 5 rings (SSSR count). The zero-order valence-electron chi connectivity index (χ0n) is 14.0. The summed E-state index contributed by atoms with van der Waals surface area (Å²) in [5, 5.41) is 6.85. The molecule has 0 spiro atoms. The minimum absolute atomic E-state index is 0.000449. The van der Waals surface area contributed by atoms with Gasteiger partial charge in [0.05, 0.1) is 0 Å². The molecular formula is C16H19N5O3S2. The molecule has 3 aliphatic rings. The van der Waals surface area contributed by atoms with Crippen LogP contribution in [0.3, 0.4) is 0 Å². The average molecular weight is 393 g/mol. The number of sulfonamides is 1. The quantitative estimate of drug-likeness (QED) is 0.831. The first-order valence-electron chi connectivity index (χ1n) is 8.36. The molecule has 2 atom stereocenters. The average Bonchev–Trinajstić information content (AvgIpc) is 2.95. The van der Waals surface area contributed by atoms with Gasteiger partial charge in [-0.25, -0.2) is 23.5 Å². The Hall–Kier alpha value is -2.04. The maximum absolute atomic E-state index is 13.1. The molecule has 0 aromatic carbocycles. The van der Waals surface area contributed by atoms with Crippen molar-refractivity contribution < 1.29 is 13.2 Å². The van der Waals surface area contributed by atoms with E-state index in [-0.39, 0.29) is 21.7 Å². The minimum atomic E-state index is -3.92. The fraction of sp³-hybridized carbons (Fsp3) is 0.438. The third-order valence-electron chi connectivity index (χ3n) is 4.94. The van der Waals surface area contributed by atoms with E-state index >= 15 is 0 Å². The number of hydrogen-bond donors (Lipinski definition) is 1. The number of hydrogen-bond acceptors (Lipinski definition) is 7. The number of carbonyl (C=O) groups excluding carboxylic acids is 1. The SMILES string of the molecule is NS(=O)(=O)c1ccsc1C(=O)N1C[C@H]2CC[C@@H]1CN(c1ncccn1)C2. The summed E-state index contributed by atoms with van der Waals surface area (Å²) >= 11 is 1.12. The van der Waals surface area contributed by atoms with Gasteiger partial charge in [-0.1, -0.05) is 0 Å². The van der Waals surface area contributed by atoms with E-state index < -0.39 is 10.0 Å². The standard InChI is InChI=1S/C16H19N5O3S2/c17-26(23,24)13-4-7-25-14(13)15(22)21-9-11-2-3-12(21)10-20(8-11)16-18-5-1-6-19-16/h1,4-7,11-12H,2-3,8-10H2,(H2,17,23,24)/t11-,12+/m0/s1. The van der Waals surface area contributed by atoms with E-state index in [1.165, 1.54) is 6.07 Å². The summed E-state index contributed by atoms with van der Waals surface area (Å²) in [7, 11) is -3.92. The highest BCUT2D eigenvalue weighted by atomic mass is 32.2. The largest absolute Gasteiger partial charge is 0.338 e. The molecule has 5 heterocycles. The monoisotopic (exact) mass is 393 g/mol. The Kier molecular flexibility index (Phi) is 4.41. The number of carbonyl (C=O) groups is 1. The van der Waals surface area contributed by atoms with Gasteiger partial charge in [-0.3, -0.25) is 4.79 Å². The zero-order valence-corrected chi connectivity index (χ0v) is 15.6. The van der Waals surface area contributed by atoms with Crippen LogP contribution in [0.4, 0.5) is 5.95 Å². The molecule has 10 heteroatoms. The second-order valence-electron chi connectivity index (χ2n) is 6.67. The molecule has 1 amide bonds. The van der Waals surface area contributed by atoms with Gasteiger partial charge in [-0.2, -0.15) is 0 Å². The van der Waals surface area contributed by atoms with Crippen molar-refractivity contribution >= 4 is 33.2 Å². The van der Waals surface area contributed by atoms with Gasteiger partial charge in [0.1, 0.15) is 9.77 Å². The number of nitrogens with zero attached hydrogens (tertiary/aromatic N) is 4. The fourth-order valence-corrected chi connectivity index (χ4v) is 5.68. The molecule has 138 valence electrons. The highest BCUT2D eigenvalue weighted by Crippen LogP contribution is 2.32. The second-order valence-corrected chi connectivity index (χ2v) is 9.11. The van der Waals surface area contributed by atoms with Gasteiger partial charge < -0.3 is 9.80 Å². The molecule has 2 aromatic rings. The van der Waals surface area contributed by atoms with Crippen LogP contribution in [0, 0.1) is 5.92 Å². The molecule has 3 fully saturated rings. The second kappa shape index (κ2) is 6.60. The third kappa shape index (κ3) is 3.19. The third-order valence-corrected chi connectivity index (χ3v) is 6.92. The normalized spacial score (nSPS) is 23.1. The lowest BCUT2D eigenvalue weighted by Crippen LogP contribution is -2.47. The van der Waals surface area contributed by atoms with E-state index in [0.29, 0.717) is 25.0 Å². The van der Waals surface area contributed by atoms with Crippen LogP contribution in [-0.2, 0) is 10.0 Å². The summed E-state index contributed by atoms with van der Waals surface area (Å²) in [6.07, 6.45) is 5.34. The van der Waals surface area contributed by atoms with Crippen LogP contribution in [-0.4, -0.2) is 54.9 Å². The van der Waals surface area contributed by atoms with Crippen LogP contribution in [0.5, 0.6) is 0 Å². The van der Waals surface area contributed by atoms with E-state index in [2.05, 4.69) is 14.9 Å². The molecule has 2 aromatic heterocycles. The van der Waals surface area contributed by atoms with Gasteiger partial charge in [-0.15, -0.1) is 11.3 Å². The highest BCUT2D eigenvalue weighted by Gasteiger charge is 2.39. The van der Waals surface area contributed by atoms with Crippen molar-refractivity contribution in [3.05, 3.63) is 34.8 Å². The first-order chi connectivity index (χ1) is 12.4. The lowest BCUT2D eigenvalue weighted by molar-refractivity contribution is 0.0593. The lowest BCUT2D eigenvalue weighted by atomic mass is 9.95. The molecule has 0 radical (unpaired) electrons. The van der Waals surface area contributed by atoms with E-state index in [0.717, 1.165) is 30.7 Å². The Labute approximate surface area is 155 Å². The topological polar surface area (TPSA) is 109 Å². The number of primary sulfonamides is 1. The molecule has 26 heavy (non-hydrogen) atoms. The Morgan fingerprint density at radius 1 is 1.19 bits per heavy atom. The van der Waals surface area contributed by atoms with Gasteiger partial charge in [0.25, 0.3) is 5.91 Å². The number of thiophene rings is 1. The molecule has 3 saturated heterocycles. The van der Waals surface area contributed by atoms with Crippen LogP contribution in [0.1, 0.15) is 22.5 Å². The Morgan fingerprint density at radius 3 is 2.69 bits per heavy atom. The van der Waals surface area contributed by atoms with Gasteiger partial charge >= 0.3 is 0 Å². The molecular weight excluding hydrogens is 374 g/mol. The molecule has 2 bridgehead atoms. The number of anilines is 1. The van der Waals surface area contributed by atoms with Crippen LogP contribution >= 0.6 is 11.3 Å². The van der Waals surface area contributed by atoms with Gasteiger partial charge in [0.2, 0.25) is 16.0 Å². The Morgan fingerprint density at radius 2 is 1.96 bits per heavy atom. The first kappa shape index (κ1) is 17.4. The Bertz CT molecular complexity index is 915. The maximum atomic E-state index is 13.1. The van der Waals surface area contributed by atoms with Crippen molar-refractivity contribution in [2.75, 3.05) is 24.5 Å². The van der Waals surface area contributed by atoms with Gasteiger partial charge in [0.15, 0.2) is 0 Å². The van der Waals surface area contributed by atoms with Crippen molar-refractivity contribution in [1.29, 1.82) is 0 Å². The van der Waals surface area contributed by atoms with E-state index in [1.54, 1.807) is 28.7 Å². The van der Waals surface area contributed by atoms with Gasteiger partial charge in [-0.05, 0) is 36.3 Å². The number of amides is 1. The summed E-state index contributed by atoms with van der Waals surface area (Å²) in [5.74, 6) is 0.717. The summed E-state index contributed by atoms with van der Waals surface area (Å²) in [4.78, 5) is 25.8. The number of piperidine rings is 1. The summed E-state index contributed by atoms with van der Waals surface area (Å²) in [6, 6.07) is 3.17. The molecule has 0 unspecified atom stereocenters. The smallest absolute Gasteiger partial charge is 0.265 e. The van der Waals surface area contributed by atoms with Crippen molar-refractivity contribution in [2.24, 2.45) is 11.1 Å². The van der Waals surface area contributed by atoms with Crippen molar-refractivity contribution in [3.8, 4) is 0 Å². The van der Waals surface area contributed by atoms with Crippen LogP contribution in [0.2, 0.25) is 0 Å². The van der Waals surface area contributed by atoms with Crippen LogP contribution < -0.4 is 10.0 Å². The van der Waals surface area contributed by atoms with Gasteiger partial charge in [0, 0.05) is 38.1 Å². The summed E-state index contributed by atoms with van der Waals surface area (Å²) < 4.78 is 23.5. The molecule has 0 saturated carbocycles. The molecule has 0 aliphatic carbocycles. The molecule has 8 nitrogen and oxygen atoms in total.